The molecule has 10 nitrogen and oxygen atoms in total. The second kappa shape index (κ2) is 14.9. The molecule has 1 heterocycles. The number of rotatable bonds is 13. The highest BCUT2D eigenvalue weighted by atomic mass is 16.5. The highest BCUT2D eigenvalue weighted by molar-refractivity contribution is 5.96. The Morgan fingerprint density at radius 2 is 1.67 bits per heavy atom. The van der Waals surface area contributed by atoms with Crippen LogP contribution in [0, 0.1) is 11.8 Å². The summed E-state index contributed by atoms with van der Waals surface area (Å²) in [5.74, 6) is -0.806. The summed E-state index contributed by atoms with van der Waals surface area (Å²) in [5, 5.41) is 17.9. The molecular weight excluding hydrogens is 500 g/mol. The molecule has 0 aromatic heterocycles. The molecule has 3 atom stereocenters. The molecule has 2 rings (SSSR count). The molecule has 1 saturated heterocycles. The van der Waals surface area contributed by atoms with Crippen molar-refractivity contribution >= 4 is 23.8 Å². The highest BCUT2D eigenvalue weighted by Gasteiger charge is 2.42. The Balaban J connectivity index is 2.04. The smallest absolute Gasteiger partial charge is 0.408 e. The molecule has 39 heavy (non-hydrogen) atoms. The Hall–Kier alpha value is -3.14. The summed E-state index contributed by atoms with van der Waals surface area (Å²) in [6.45, 7) is 11.4. The van der Waals surface area contributed by atoms with Crippen molar-refractivity contribution in [2.24, 2.45) is 11.8 Å². The number of hydrogen-bond acceptors (Lipinski definition) is 6. The molecule has 10 heteroatoms. The normalized spacial score (nSPS) is 17.1. The summed E-state index contributed by atoms with van der Waals surface area (Å²) < 4.78 is 5.29. The maximum atomic E-state index is 13.5. The molecule has 1 aliphatic heterocycles. The summed E-state index contributed by atoms with van der Waals surface area (Å²) in [6.07, 6.45) is 1.42. The van der Waals surface area contributed by atoms with Crippen LogP contribution >= 0.6 is 0 Å². The largest absolute Gasteiger partial charge is 0.445 e. The first-order valence-electron chi connectivity index (χ1n) is 13.9. The number of carbonyl (C=O) groups excluding carboxylic acids is 4. The van der Waals surface area contributed by atoms with Crippen LogP contribution in [0.2, 0.25) is 0 Å². The van der Waals surface area contributed by atoms with Gasteiger partial charge in [-0.15, -0.1) is 0 Å². The van der Waals surface area contributed by atoms with Crippen LogP contribution in [0.3, 0.4) is 0 Å². The van der Waals surface area contributed by atoms with E-state index in [9.17, 15) is 24.3 Å². The van der Waals surface area contributed by atoms with Gasteiger partial charge in [0.05, 0.1) is 12.6 Å². The first kappa shape index (κ1) is 32.1. The third kappa shape index (κ3) is 10.2. The molecular formula is C29H46N4O6. The number of alkyl carbamates (subject to hydrolysis) is 1. The quantitative estimate of drug-likeness (QED) is 0.300. The predicted octanol–water partition coefficient (Wildman–Crippen LogP) is 2.74. The van der Waals surface area contributed by atoms with Gasteiger partial charge in [-0.05, 0) is 56.9 Å². The van der Waals surface area contributed by atoms with Gasteiger partial charge in [-0.3, -0.25) is 14.4 Å². The third-order valence-electron chi connectivity index (χ3n) is 6.64. The van der Waals surface area contributed by atoms with Crippen LogP contribution in [0.5, 0.6) is 0 Å². The van der Waals surface area contributed by atoms with Crippen LogP contribution in [0.1, 0.15) is 72.8 Å². The number of ether oxygens (including phenoxy) is 1. The number of nitrogens with zero attached hydrogens (tertiary/aromatic N) is 1. The molecule has 1 aromatic rings. The number of benzene rings is 1. The van der Waals surface area contributed by atoms with Gasteiger partial charge in [-0.1, -0.05) is 58.0 Å². The van der Waals surface area contributed by atoms with Crippen molar-refractivity contribution in [3.8, 4) is 0 Å². The Bertz CT molecular complexity index is 966. The minimum atomic E-state index is -1.32. The van der Waals surface area contributed by atoms with E-state index in [1.165, 1.54) is 4.90 Å². The molecule has 0 unspecified atom stereocenters. The number of nitrogens with one attached hydrogen (secondary N) is 3. The average molecular weight is 547 g/mol. The zero-order chi connectivity index (χ0) is 29.2. The molecule has 0 saturated carbocycles. The summed E-state index contributed by atoms with van der Waals surface area (Å²) in [6, 6.07) is 7.26. The van der Waals surface area contributed by atoms with E-state index in [1.807, 2.05) is 58.0 Å². The van der Waals surface area contributed by atoms with Crippen LogP contribution in [-0.4, -0.2) is 70.6 Å². The van der Waals surface area contributed by atoms with E-state index < -0.39 is 29.6 Å². The fourth-order valence-corrected chi connectivity index (χ4v) is 4.75. The molecule has 0 aliphatic carbocycles. The fourth-order valence-electron chi connectivity index (χ4n) is 4.75. The van der Waals surface area contributed by atoms with Crippen molar-refractivity contribution < 1.29 is 29.0 Å². The van der Waals surface area contributed by atoms with Gasteiger partial charge in [0.1, 0.15) is 24.2 Å². The molecule has 0 spiro atoms. The number of likely N-dealkylation sites (tertiary alicyclic amines) is 1. The number of hydrogen-bond donors (Lipinski definition) is 4. The summed E-state index contributed by atoms with van der Waals surface area (Å²) in [5.41, 5.74) is -0.498. The van der Waals surface area contributed by atoms with Gasteiger partial charge < -0.3 is 30.7 Å². The van der Waals surface area contributed by atoms with Crippen molar-refractivity contribution in [1.82, 2.24) is 20.9 Å². The van der Waals surface area contributed by atoms with Gasteiger partial charge >= 0.3 is 6.09 Å². The molecule has 0 radical (unpaired) electrons. The monoisotopic (exact) mass is 546 g/mol. The SMILES string of the molecule is CC(C)C[C@H](CO)NC(=O)[C@@H]1CCCN1C(=O)C(C)(C)NC(=O)[C@H](CC(C)C)NC(=O)OCc1ccccc1. The minimum absolute atomic E-state index is 0.0688. The molecule has 4 amide bonds. The third-order valence-corrected chi connectivity index (χ3v) is 6.64. The summed E-state index contributed by atoms with van der Waals surface area (Å²) in [7, 11) is 0. The lowest BCUT2D eigenvalue weighted by Gasteiger charge is -2.34. The molecule has 1 fully saturated rings. The molecule has 1 aliphatic rings. The number of carbonyl (C=O) groups is 4. The zero-order valence-corrected chi connectivity index (χ0v) is 24.2. The van der Waals surface area contributed by atoms with Gasteiger partial charge in [-0.25, -0.2) is 4.79 Å². The van der Waals surface area contributed by atoms with Crippen LogP contribution < -0.4 is 16.0 Å². The lowest BCUT2D eigenvalue weighted by atomic mass is 9.98. The van der Waals surface area contributed by atoms with Crippen LogP contribution in [0.15, 0.2) is 30.3 Å². The van der Waals surface area contributed by atoms with E-state index in [4.69, 9.17) is 4.74 Å². The van der Waals surface area contributed by atoms with Crippen molar-refractivity contribution in [3.05, 3.63) is 35.9 Å². The van der Waals surface area contributed by atoms with E-state index in [-0.39, 0.29) is 37.0 Å². The maximum absolute atomic E-state index is 13.5. The Morgan fingerprint density at radius 3 is 2.26 bits per heavy atom. The number of amides is 4. The van der Waals surface area contributed by atoms with Crippen LogP contribution in [0.4, 0.5) is 4.79 Å². The van der Waals surface area contributed by atoms with E-state index in [1.54, 1.807) is 13.8 Å². The van der Waals surface area contributed by atoms with Gasteiger partial charge in [0, 0.05) is 6.54 Å². The van der Waals surface area contributed by atoms with Crippen molar-refractivity contribution in [3.63, 3.8) is 0 Å². The second-order valence-electron chi connectivity index (χ2n) is 11.7. The van der Waals surface area contributed by atoms with Crippen molar-refractivity contribution in [1.29, 1.82) is 0 Å². The topological polar surface area (TPSA) is 137 Å². The standard InChI is InChI=1S/C29H46N4O6/c1-19(2)15-22(17-34)30-26(36)24-13-10-14-33(24)27(37)29(5,6)32-25(35)23(16-20(3)4)31-28(38)39-18-21-11-8-7-9-12-21/h7-9,11-12,19-20,22-24,34H,10,13-18H2,1-6H3,(H,30,36)(H,31,38)(H,32,35)/t22-,23+,24+/m1/s1. The average Bonchev–Trinajstić information content (AvgIpc) is 3.36. The lowest BCUT2D eigenvalue weighted by Crippen LogP contribution is -2.62. The van der Waals surface area contributed by atoms with Gasteiger partial charge in [0.25, 0.3) is 0 Å². The Kier molecular flexibility index (Phi) is 12.2. The summed E-state index contributed by atoms with van der Waals surface area (Å²) >= 11 is 0. The first-order valence-corrected chi connectivity index (χ1v) is 13.9. The van der Waals surface area contributed by atoms with Crippen LogP contribution in [0.25, 0.3) is 0 Å². The molecule has 1 aromatic carbocycles. The van der Waals surface area contributed by atoms with E-state index in [0.29, 0.717) is 38.1 Å². The number of aliphatic hydroxyl groups excluding tert-OH is 1. The lowest BCUT2D eigenvalue weighted by molar-refractivity contribution is -0.145. The predicted molar refractivity (Wildman–Crippen MR) is 148 cm³/mol. The Morgan fingerprint density at radius 1 is 1.03 bits per heavy atom. The highest BCUT2D eigenvalue weighted by Crippen LogP contribution is 2.22. The molecule has 218 valence electrons. The maximum Gasteiger partial charge on any atom is 0.408 e. The van der Waals surface area contributed by atoms with Crippen molar-refractivity contribution in [2.45, 2.75) is 97.5 Å². The van der Waals surface area contributed by atoms with E-state index in [2.05, 4.69) is 16.0 Å². The van der Waals surface area contributed by atoms with Crippen LogP contribution in [-0.2, 0) is 25.7 Å². The molecule has 4 N–H and O–H groups in total. The van der Waals surface area contributed by atoms with E-state index in [0.717, 1.165) is 5.56 Å². The van der Waals surface area contributed by atoms with Crippen molar-refractivity contribution in [2.75, 3.05) is 13.2 Å². The van der Waals surface area contributed by atoms with E-state index >= 15 is 0 Å². The Labute approximate surface area is 232 Å². The minimum Gasteiger partial charge on any atom is -0.445 e. The fraction of sp³-hybridized carbons (Fsp3) is 0.655. The molecule has 0 bridgehead atoms. The number of aliphatic hydroxyl groups is 1. The first-order chi connectivity index (χ1) is 18.3. The van der Waals surface area contributed by atoms with Gasteiger partial charge in [-0.2, -0.15) is 0 Å². The zero-order valence-electron chi connectivity index (χ0n) is 24.2. The summed E-state index contributed by atoms with van der Waals surface area (Å²) in [4.78, 5) is 53.8. The van der Waals surface area contributed by atoms with Gasteiger partial charge in [0.15, 0.2) is 0 Å². The second-order valence-corrected chi connectivity index (χ2v) is 11.7. The van der Waals surface area contributed by atoms with Gasteiger partial charge in [0.2, 0.25) is 17.7 Å².